The van der Waals surface area contributed by atoms with Crippen LogP contribution in [0.4, 0.5) is 0 Å². The summed E-state index contributed by atoms with van der Waals surface area (Å²) in [6.07, 6.45) is 0. The van der Waals surface area contributed by atoms with Gasteiger partial charge in [0.15, 0.2) is 0 Å². The first-order chi connectivity index (χ1) is 4.33. The van der Waals surface area contributed by atoms with Gasteiger partial charge < -0.3 is 0 Å². The van der Waals surface area contributed by atoms with E-state index in [1.807, 2.05) is 24.3 Å². The van der Waals surface area contributed by atoms with E-state index >= 15 is 0 Å². The highest BCUT2D eigenvalue weighted by Gasteiger charge is 1.86. The molecular weight excluding hydrogens is 130 g/mol. The quantitative estimate of drug-likeness (QED) is 0.402. The topological polar surface area (TPSA) is 0 Å². The van der Waals surface area contributed by atoms with Gasteiger partial charge in [-0.1, -0.05) is 29.7 Å². The van der Waals surface area contributed by atoms with E-state index in [1.54, 1.807) is 0 Å². The van der Waals surface area contributed by atoms with Crippen LogP contribution in [0, 0.1) is 0 Å². The molecule has 0 fully saturated rings. The van der Waals surface area contributed by atoms with Crippen molar-refractivity contribution >= 4 is 24.9 Å². The van der Waals surface area contributed by atoms with Gasteiger partial charge in [0.2, 0.25) is 0 Å². The lowest BCUT2D eigenvalue weighted by Gasteiger charge is -1.94. The number of hydrogen-bond donors (Lipinski definition) is 0. The molecule has 9 heavy (non-hydrogen) atoms. The maximum Gasteiger partial charge on any atom is 0.113 e. The summed E-state index contributed by atoms with van der Waals surface area (Å²) in [6, 6.07) is 7.56. The van der Waals surface area contributed by atoms with Crippen molar-refractivity contribution in [3.8, 4) is 0 Å². The summed E-state index contributed by atoms with van der Waals surface area (Å²) in [5.74, 6) is 0.533. The van der Waals surface area contributed by atoms with Gasteiger partial charge in [-0.05, 0) is 5.56 Å². The van der Waals surface area contributed by atoms with Crippen molar-refractivity contribution < 1.29 is 0 Å². The second-order valence-electron chi connectivity index (χ2n) is 1.88. The van der Waals surface area contributed by atoms with Crippen molar-refractivity contribution in [1.82, 2.24) is 0 Å². The van der Waals surface area contributed by atoms with Crippen LogP contribution >= 0.6 is 11.6 Å². The van der Waals surface area contributed by atoms with E-state index < -0.39 is 0 Å². The molecule has 1 rings (SSSR count). The number of hydrogen-bond acceptors (Lipinski definition) is 0. The molecule has 1 aromatic carbocycles. The van der Waals surface area contributed by atoms with Crippen LogP contribution in [-0.2, 0) is 5.88 Å². The fourth-order valence-electron chi connectivity index (χ4n) is 0.676. The molecule has 0 aliphatic heterocycles. The average Bonchev–Trinajstić information content (AvgIpc) is 1.88. The number of alkyl halides is 1. The Morgan fingerprint density at radius 2 is 2.22 bits per heavy atom. The molecule has 0 aromatic heterocycles. The van der Waals surface area contributed by atoms with Gasteiger partial charge >= 0.3 is 0 Å². The van der Waals surface area contributed by atoms with Gasteiger partial charge in [0.1, 0.15) is 7.85 Å². The van der Waals surface area contributed by atoms with E-state index in [1.165, 1.54) is 0 Å². The van der Waals surface area contributed by atoms with E-state index in [0.717, 1.165) is 11.0 Å². The molecule has 0 N–H and O–H groups in total. The first-order valence-electron chi connectivity index (χ1n) is 2.73. The van der Waals surface area contributed by atoms with Gasteiger partial charge in [-0.15, -0.1) is 11.6 Å². The predicted octanol–water partition coefficient (Wildman–Crippen LogP) is 1.22. The lowest BCUT2D eigenvalue weighted by molar-refractivity contribution is 1.42. The zero-order valence-electron chi connectivity index (χ0n) is 4.97. The molecule has 44 valence electrons. The largest absolute Gasteiger partial charge is 0.122 e. The van der Waals surface area contributed by atoms with Gasteiger partial charge in [-0.2, -0.15) is 0 Å². The first-order valence-corrected chi connectivity index (χ1v) is 3.27. The maximum absolute atomic E-state index is 5.54. The summed E-state index contributed by atoms with van der Waals surface area (Å²) >= 11 is 5.54. The molecule has 0 atom stereocenters. The van der Waals surface area contributed by atoms with Crippen molar-refractivity contribution in [3.63, 3.8) is 0 Å². The Hall–Kier alpha value is -0.425. The van der Waals surface area contributed by atoms with Crippen LogP contribution < -0.4 is 5.46 Å². The Bertz CT molecular complexity index is 198. The molecule has 0 heterocycles. The minimum absolute atomic E-state index is 0.533. The fraction of sp³-hybridized carbons (Fsp3) is 0.143. The van der Waals surface area contributed by atoms with E-state index in [-0.39, 0.29) is 0 Å². The molecule has 0 bridgehead atoms. The first kappa shape index (κ1) is 6.69. The van der Waals surface area contributed by atoms with Gasteiger partial charge in [0.25, 0.3) is 0 Å². The summed E-state index contributed by atoms with van der Waals surface area (Å²) in [5.41, 5.74) is 1.84. The van der Waals surface area contributed by atoms with Gasteiger partial charge in [0.05, 0.1) is 0 Å². The second-order valence-corrected chi connectivity index (χ2v) is 2.15. The van der Waals surface area contributed by atoms with Crippen molar-refractivity contribution in [3.05, 3.63) is 29.8 Å². The van der Waals surface area contributed by atoms with Crippen LogP contribution in [0.5, 0.6) is 0 Å². The van der Waals surface area contributed by atoms with Crippen molar-refractivity contribution in [2.24, 2.45) is 0 Å². The number of rotatable bonds is 1. The Labute approximate surface area is 61.3 Å². The third-order valence-electron chi connectivity index (χ3n) is 1.11. The SMILES string of the molecule is [B]c1cccc(CCl)c1. The normalized spacial score (nSPS) is 9.44. The monoisotopic (exact) mass is 136 g/mol. The molecule has 0 amide bonds. The zero-order chi connectivity index (χ0) is 6.69. The standard InChI is InChI=1S/C7H6BCl/c8-7-3-1-2-6(4-7)5-9/h1-4H,5H2. The summed E-state index contributed by atoms with van der Waals surface area (Å²) in [5, 5.41) is 0. The predicted molar refractivity (Wildman–Crippen MR) is 41.4 cm³/mol. The molecule has 0 saturated carbocycles. The highest BCUT2D eigenvalue weighted by Crippen LogP contribution is 1.98. The molecule has 2 radical (unpaired) electrons. The minimum Gasteiger partial charge on any atom is -0.122 e. The summed E-state index contributed by atoms with van der Waals surface area (Å²) in [7, 11) is 5.48. The fourth-order valence-corrected chi connectivity index (χ4v) is 0.842. The molecule has 0 unspecified atom stereocenters. The van der Waals surface area contributed by atoms with Gasteiger partial charge in [0, 0.05) is 5.88 Å². The van der Waals surface area contributed by atoms with Gasteiger partial charge in [-0.3, -0.25) is 0 Å². The molecule has 1 aromatic rings. The van der Waals surface area contributed by atoms with E-state index in [4.69, 9.17) is 19.4 Å². The van der Waals surface area contributed by atoms with E-state index in [2.05, 4.69) is 0 Å². The average molecular weight is 136 g/mol. The number of benzene rings is 1. The van der Waals surface area contributed by atoms with Crippen LogP contribution in [0.1, 0.15) is 5.56 Å². The summed E-state index contributed by atoms with van der Waals surface area (Å²) in [6.45, 7) is 0. The number of halogens is 1. The van der Waals surface area contributed by atoms with Crippen molar-refractivity contribution in [2.75, 3.05) is 0 Å². The molecule has 0 spiro atoms. The third-order valence-corrected chi connectivity index (χ3v) is 1.41. The molecule has 0 aliphatic rings. The molecule has 0 nitrogen and oxygen atoms in total. The second kappa shape index (κ2) is 2.93. The highest BCUT2D eigenvalue weighted by molar-refractivity contribution is 6.32. The van der Waals surface area contributed by atoms with Crippen LogP contribution in [0.2, 0.25) is 0 Å². The third kappa shape index (κ3) is 1.76. The Morgan fingerprint density at radius 1 is 1.44 bits per heavy atom. The Morgan fingerprint density at radius 3 is 2.67 bits per heavy atom. The summed E-state index contributed by atoms with van der Waals surface area (Å²) < 4.78 is 0. The molecule has 0 aliphatic carbocycles. The maximum atomic E-state index is 5.54. The van der Waals surface area contributed by atoms with Crippen LogP contribution in [0.25, 0.3) is 0 Å². The lowest BCUT2D eigenvalue weighted by atomic mass is 9.95. The van der Waals surface area contributed by atoms with E-state index in [9.17, 15) is 0 Å². The minimum atomic E-state index is 0.533. The molecule has 0 saturated heterocycles. The molecule has 2 heteroatoms. The Balaban J connectivity index is 2.94. The van der Waals surface area contributed by atoms with Crippen molar-refractivity contribution in [1.29, 1.82) is 0 Å². The van der Waals surface area contributed by atoms with Crippen LogP contribution in [0.3, 0.4) is 0 Å². The van der Waals surface area contributed by atoms with Crippen molar-refractivity contribution in [2.45, 2.75) is 5.88 Å². The van der Waals surface area contributed by atoms with Gasteiger partial charge in [-0.25, -0.2) is 0 Å². The Kier molecular flexibility index (Phi) is 2.18. The lowest BCUT2D eigenvalue weighted by Crippen LogP contribution is -2.00. The molecular formula is C7H6BCl. The zero-order valence-corrected chi connectivity index (χ0v) is 5.73. The van der Waals surface area contributed by atoms with Crippen LogP contribution in [-0.4, -0.2) is 7.85 Å². The van der Waals surface area contributed by atoms with Crippen LogP contribution in [0.15, 0.2) is 24.3 Å². The van der Waals surface area contributed by atoms with E-state index in [0.29, 0.717) is 5.88 Å². The highest BCUT2D eigenvalue weighted by atomic mass is 35.5. The smallest absolute Gasteiger partial charge is 0.113 e. The summed E-state index contributed by atoms with van der Waals surface area (Å²) in [4.78, 5) is 0.